The lowest BCUT2D eigenvalue weighted by atomic mass is 10.1. The van der Waals surface area contributed by atoms with E-state index in [-0.39, 0.29) is 11.7 Å². The summed E-state index contributed by atoms with van der Waals surface area (Å²) in [6.07, 6.45) is 0. The first kappa shape index (κ1) is 14.7. The Bertz CT molecular complexity index is 490. The van der Waals surface area contributed by atoms with Crippen LogP contribution in [0.4, 0.5) is 0 Å². The highest BCUT2D eigenvalue weighted by Crippen LogP contribution is 2.25. The van der Waals surface area contributed by atoms with E-state index in [1.165, 1.54) is 13.2 Å². The standard InChI is InChI=1S/C15H22N2O3/c1-4-16-7-8-17(10-11(16)2)15(19)13-6-5-12(20-3)9-14(13)18/h5-6,9,11,18H,4,7-8,10H2,1-3H3. The van der Waals surface area contributed by atoms with Crippen LogP contribution >= 0.6 is 0 Å². The van der Waals surface area contributed by atoms with Gasteiger partial charge in [0.1, 0.15) is 11.5 Å². The average Bonchev–Trinajstić information content (AvgIpc) is 2.46. The number of phenols is 1. The van der Waals surface area contributed by atoms with Gasteiger partial charge >= 0.3 is 0 Å². The summed E-state index contributed by atoms with van der Waals surface area (Å²) in [6, 6.07) is 5.13. The van der Waals surface area contributed by atoms with Crippen LogP contribution in [-0.2, 0) is 0 Å². The van der Waals surface area contributed by atoms with E-state index in [0.29, 0.717) is 30.4 Å². The molecule has 1 amide bonds. The molecule has 0 aliphatic carbocycles. The predicted octanol–water partition coefficient (Wildman–Crippen LogP) is 1.57. The van der Waals surface area contributed by atoms with Crippen molar-refractivity contribution in [3.63, 3.8) is 0 Å². The van der Waals surface area contributed by atoms with E-state index in [1.807, 2.05) is 0 Å². The van der Waals surface area contributed by atoms with E-state index in [4.69, 9.17) is 4.74 Å². The lowest BCUT2D eigenvalue weighted by Crippen LogP contribution is -2.53. The largest absolute Gasteiger partial charge is 0.507 e. The molecule has 0 spiro atoms. The molecule has 2 rings (SSSR count). The molecule has 110 valence electrons. The summed E-state index contributed by atoms with van der Waals surface area (Å²) in [6.45, 7) is 7.51. The van der Waals surface area contributed by atoms with Crippen LogP contribution in [0.2, 0.25) is 0 Å². The van der Waals surface area contributed by atoms with Gasteiger partial charge in [-0.2, -0.15) is 0 Å². The molecule has 0 radical (unpaired) electrons. The number of likely N-dealkylation sites (N-methyl/N-ethyl adjacent to an activating group) is 1. The third-order valence-corrected chi connectivity index (χ3v) is 3.89. The molecule has 1 saturated heterocycles. The second kappa shape index (κ2) is 6.13. The SMILES string of the molecule is CCN1CCN(C(=O)c2ccc(OC)cc2O)CC1C. The fourth-order valence-electron chi connectivity index (χ4n) is 2.64. The zero-order chi connectivity index (χ0) is 14.7. The summed E-state index contributed by atoms with van der Waals surface area (Å²) in [5.41, 5.74) is 0.336. The van der Waals surface area contributed by atoms with Crippen LogP contribution in [0.3, 0.4) is 0 Å². The second-order valence-corrected chi connectivity index (χ2v) is 5.11. The number of benzene rings is 1. The quantitative estimate of drug-likeness (QED) is 0.912. The molecule has 20 heavy (non-hydrogen) atoms. The Morgan fingerprint density at radius 2 is 2.20 bits per heavy atom. The minimum Gasteiger partial charge on any atom is -0.507 e. The molecule has 5 heteroatoms. The van der Waals surface area contributed by atoms with Crippen LogP contribution in [0, 0.1) is 0 Å². The van der Waals surface area contributed by atoms with Gasteiger partial charge in [-0.25, -0.2) is 0 Å². The number of phenolic OH excluding ortho intramolecular Hbond substituents is 1. The fourth-order valence-corrected chi connectivity index (χ4v) is 2.64. The summed E-state index contributed by atoms with van der Waals surface area (Å²) in [5.74, 6) is 0.399. The van der Waals surface area contributed by atoms with E-state index in [0.717, 1.165) is 13.1 Å². The number of nitrogens with zero attached hydrogens (tertiary/aromatic N) is 2. The second-order valence-electron chi connectivity index (χ2n) is 5.11. The summed E-state index contributed by atoms with van der Waals surface area (Å²) in [4.78, 5) is 16.6. The molecular formula is C15H22N2O3. The maximum Gasteiger partial charge on any atom is 0.257 e. The predicted molar refractivity (Wildman–Crippen MR) is 77.3 cm³/mol. The maximum absolute atomic E-state index is 12.5. The van der Waals surface area contributed by atoms with Crippen molar-refractivity contribution < 1.29 is 14.6 Å². The van der Waals surface area contributed by atoms with Crippen molar-refractivity contribution in [3.8, 4) is 11.5 Å². The van der Waals surface area contributed by atoms with Crippen LogP contribution in [0.5, 0.6) is 11.5 Å². The first-order valence-corrected chi connectivity index (χ1v) is 6.97. The molecular weight excluding hydrogens is 256 g/mol. The number of methoxy groups -OCH3 is 1. The van der Waals surface area contributed by atoms with E-state index in [1.54, 1.807) is 17.0 Å². The number of carbonyl (C=O) groups excluding carboxylic acids is 1. The number of hydrogen-bond acceptors (Lipinski definition) is 4. The minimum absolute atomic E-state index is 0.0278. The average molecular weight is 278 g/mol. The number of piperazine rings is 1. The Morgan fingerprint density at radius 1 is 1.45 bits per heavy atom. The van der Waals surface area contributed by atoms with Gasteiger partial charge in [-0.15, -0.1) is 0 Å². The van der Waals surface area contributed by atoms with Gasteiger partial charge in [0.2, 0.25) is 0 Å². The highest BCUT2D eigenvalue weighted by molar-refractivity contribution is 5.97. The number of carbonyl (C=O) groups is 1. The normalized spacial score (nSPS) is 19.9. The molecule has 0 saturated carbocycles. The Hall–Kier alpha value is -1.75. The molecule has 0 aromatic heterocycles. The summed E-state index contributed by atoms with van der Waals surface area (Å²) in [5, 5.41) is 9.95. The van der Waals surface area contributed by atoms with Crippen molar-refractivity contribution in [2.45, 2.75) is 19.9 Å². The highest BCUT2D eigenvalue weighted by Gasteiger charge is 2.27. The van der Waals surface area contributed by atoms with Crippen molar-refractivity contribution in [1.82, 2.24) is 9.80 Å². The number of ether oxygens (including phenoxy) is 1. The van der Waals surface area contributed by atoms with Crippen LogP contribution < -0.4 is 4.74 Å². The van der Waals surface area contributed by atoms with Gasteiger partial charge in [-0.05, 0) is 25.6 Å². The third kappa shape index (κ3) is 2.88. The van der Waals surface area contributed by atoms with Gasteiger partial charge in [0.25, 0.3) is 5.91 Å². The van der Waals surface area contributed by atoms with Crippen LogP contribution in [0.25, 0.3) is 0 Å². The molecule has 5 nitrogen and oxygen atoms in total. The van der Waals surface area contributed by atoms with Crippen molar-refractivity contribution in [3.05, 3.63) is 23.8 Å². The lowest BCUT2D eigenvalue weighted by molar-refractivity contribution is 0.0525. The molecule has 1 atom stereocenters. The number of amides is 1. The highest BCUT2D eigenvalue weighted by atomic mass is 16.5. The molecule has 1 fully saturated rings. The van der Waals surface area contributed by atoms with Gasteiger partial charge in [0, 0.05) is 31.7 Å². The summed E-state index contributed by atoms with van der Waals surface area (Å²) >= 11 is 0. The van der Waals surface area contributed by atoms with Crippen LogP contribution in [0.15, 0.2) is 18.2 Å². The van der Waals surface area contributed by atoms with Crippen LogP contribution in [0.1, 0.15) is 24.2 Å². The summed E-state index contributed by atoms with van der Waals surface area (Å²) in [7, 11) is 1.53. The maximum atomic E-state index is 12.5. The Kier molecular flexibility index (Phi) is 4.49. The smallest absolute Gasteiger partial charge is 0.257 e. The van der Waals surface area contributed by atoms with E-state index in [2.05, 4.69) is 18.7 Å². The van der Waals surface area contributed by atoms with E-state index < -0.39 is 0 Å². The zero-order valence-corrected chi connectivity index (χ0v) is 12.3. The molecule has 1 aromatic rings. The van der Waals surface area contributed by atoms with Crippen molar-refractivity contribution in [2.75, 3.05) is 33.3 Å². The molecule has 1 unspecified atom stereocenters. The molecule has 1 aromatic carbocycles. The van der Waals surface area contributed by atoms with Crippen molar-refractivity contribution >= 4 is 5.91 Å². The first-order chi connectivity index (χ1) is 9.56. The molecule has 1 aliphatic rings. The molecule has 1 heterocycles. The molecule has 1 aliphatic heterocycles. The van der Waals surface area contributed by atoms with Gasteiger partial charge < -0.3 is 14.7 Å². The van der Waals surface area contributed by atoms with E-state index in [9.17, 15) is 9.90 Å². The minimum atomic E-state index is -0.118. The Morgan fingerprint density at radius 3 is 2.75 bits per heavy atom. The fraction of sp³-hybridized carbons (Fsp3) is 0.533. The number of hydrogen-bond donors (Lipinski definition) is 1. The number of aromatic hydroxyl groups is 1. The Labute approximate surface area is 119 Å². The molecule has 0 bridgehead atoms. The zero-order valence-electron chi connectivity index (χ0n) is 12.3. The third-order valence-electron chi connectivity index (χ3n) is 3.89. The summed E-state index contributed by atoms with van der Waals surface area (Å²) < 4.78 is 5.03. The van der Waals surface area contributed by atoms with Gasteiger partial charge in [-0.3, -0.25) is 9.69 Å². The monoisotopic (exact) mass is 278 g/mol. The van der Waals surface area contributed by atoms with Gasteiger partial charge in [-0.1, -0.05) is 6.92 Å². The van der Waals surface area contributed by atoms with Gasteiger partial charge in [0.15, 0.2) is 0 Å². The first-order valence-electron chi connectivity index (χ1n) is 6.97. The lowest BCUT2D eigenvalue weighted by Gasteiger charge is -2.39. The van der Waals surface area contributed by atoms with Crippen molar-refractivity contribution in [1.29, 1.82) is 0 Å². The topological polar surface area (TPSA) is 53.0 Å². The van der Waals surface area contributed by atoms with Crippen molar-refractivity contribution in [2.24, 2.45) is 0 Å². The van der Waals surface area contributed by atoms with E-state index >= 15 is 0 Å². The van der Waals surface area contributed by atoms with Crippen LogP contribution in [-0.4, -0.2) is 60.1 Å². The Balaban J connectivity index is 2.12. The van der Waals surface area contributed by atoms with Gasteiger partial charge in [0.05, 0.1) is 12.7 Å². The number of rotatable bonds is 3. The molecule has 1 N–H and O–H groups in total.